The Morgan fingerprint density at radius 2 is 2.05 bits per heavy atom. The number of thiophene rings is 1. The van der Waals surface area contributed by atoms with Crippen LogP contribution in [-0.2, 0) is 0 Å². The highest BCUT2D eigenvalue weighted by Gasteiger charge is 2.24. The van der Waals surface area contributed by atoms with E-state index in [0.29, 0.717) is 11.4 Å². The topological polar surface area (TPSA) is 47.3 Å². The number of benzene rings is 1. The number of hydrogen-bond acceptors (Lipinski definition) is 4. The summed E-state index contributed by atoms with van der Waals surface area (Å²) in [5, 5.41) is 18.3. The Bertz CT molecular complexity index is 761. The molecule has 3 rings (SSSR count). The predicted octanol–water partition coefficient (Wildman–Crippen LogP) is 3.77. The molecular formula is C16H18N2O2S. The van der Waals surface area contributed by atoms with Gasteiger partial charge in [0, 0.05) is 16.3 Å². The lowest BCUT2D eigenvalue weighted by Gasteiger charge is -2.17. The molecule has 0 spiro atoms. The van der Waals surface area contributed by atoms with Gasteiger partial charge >= 0.3 is 0 Å². The summed E-state index contributed by atoms with van der Waals surface area (Å²) in [4.78, 5) is 0. The van der Waals surface area contributed by atoms with E-state index in [2.05, 4.69) is 11.2 Å². The lowest BCUT2D eigenvalue weighted by Crippen LogP contribution is -2.12. The van der Waals surface area contributed by atoms with Crippen molar-refractivity contribution in [1.29, 1.82) is 0 Å². The molecule has 1 atom stereocenters. The van der Waals surface area contributed by atoms with Crippen LogP contribution in [0.2, 0.25) is 0 Å². The second kappa shape index (κ2) is 5.50. The van der Waals surface area contributed by atoms with Crippen molar-refractivity contribution in [2.24, 2.45) is 0 Å². The zero-order chi connectivity index (χ0) is 15.0. The molecule has 5 heteroatoms. The molecule has 0 aliphatic carbocycles. The molecule has 0 aliphatic rings. The van der Waals surface area contributed by atoms with E-state index in [0.717, 1.165) is 10.9 Å². The van der Waals surface area contributed by atoms with Crippen LogP contribution in [0, 0.1) is 0 Å². The third-order valence-electron chi connectivity index (χ3n) is 3.57. The molecule has 0 bridgehead atoms. The van der Waals surface area contributed by atoms with Gasteiger partial charge in [0.2, 0.25) is 0 Å². The Morgan fingerprint density at radius 1 is 1.29 bits per heavy atom. The summed E-state index contributed by atoms with van der Waals surface area (Å²) < 4.78 is 8.35. The van der Waals surface area contributed by atoms with E-state index in [1.165, 1.54) is 4.70 Å². The van der Waals surface area contributed by atoms with Gasteiger partial charge in [0.25, 0.3) is 0 Å². The number of aromatic nitrogens is 2. The molecule has 2 heterocycles. The van der Waals surface area contributed by atoms with E-state index in [4.69, 9.17) is 4.74 Å². The fourth-order valence-corrected chi connectivity index (χ4v) is 3.52. The van der Waals surface area contributed by atoms with Crippen molar-refractivity contribution in [3.05, 3.63) is 47.1 Å². The molecule has 0 amide bonds. The normalized spacial score (nSPS) is 13.0. The molecule has 0 saturated carbocycles. The van der Waals surface area contributed by atoms with Crippen LogP contribution in [0.25, 0.3) is 10.1 Å². The fourth-order valence-electron chi connectivity index (χ4n) is 2.54. The van der Waals surface area contributed by atoms with Gasteiger partial charge in [-0.1, -0.05) is 18.2 Å². The van der Waals surface area contributed by atoms with E-state index in [1.54, 1.807) is 24.6 Å². The van der Waals surface area contributed by atoms with Crippen molar-refractivity contribution < 1.29 is 9.84 Å². The van der Waals surface area contributed by atoms with Gasteiger partial charge in [-0.15, -0.1) is 11.3 Å². The van der Waals surface area contributed by atoms with Crippen LogP contribution in [-0.4, -0.2) is 22.0 Å². The highest BCUT2D eigenvalue weighted by atomic mass is 32.1. The molecule has 0 radical (unpaired) electrons. The molecule has 0 fully saturated rings. The van der Waals surface area contributed by atoms with Crippen molar-refractivity contribution in [2.75, 3.05) is 7.11 Å². The number of aliphatic hydroxyl groups excluding tert-OH is 1. The number of ether oxygens (including phenoxy) is 1. The van der Waals surface area contributed by atoms with Crippen LogP contribution in [0.15, 0.2) is 35.8 Å². The fraction of sp³-hybridized carbons (Fsp3) is 0.312. The number of fused-ring (bicyclic) bond motifs is 1. The molecule has 3 aromatic rings. The summed E-state index contributed by atoms with van der Waals surface area (Å²) in [6, 6.07) is 8.25. The SMILES string of the molecule is COc1cnn(C(C)C)c1C(O)c1csc2ccccc12. The van der Waals surface area contributed by atoms with E-state index >= 15 is 0 Å². The summed E-state index contributed by atoms with van der Waals surface area (Å²) in [7, 11) is 1.60. The van der Waals surface area contributed by atoms with Gasteiger partial charge in [0.15, 0.2) is 5.75 Å². The first kappa shape index (κ1) is 14.1. The second-order valence-electron chi connectivity index (χ2n) is 5.23. The summed E-state index contributed by atoms with van der Waals surface area (Å²) in [5.74, 6) is 0.617. The van der Waals surface area contributed by atoms with Gasteiger partial charge in [-0.05, 0) is 30.7 Å². The first-order chi connectivity index (χ1) is 10.1. The summed E-state index contributed by atoms with van der Waals surface area (Å²) in [6.07, 6.45) is 0.911. The molecule has 0 aliphatic heterocycles. The first-order valence-corrected chi connectivity index (χ1v) is 7.77. The molecule has 0 saturated heterocycles. The van der Waals surface area contributed by atoms with Gasteiger partial charge in [-0.3, -0.25) is 4.68 Å². The number of rotatable bonds is 4. The molecule has 1 aromatic carbocycles. The quantitative estimate of drug-likeness (QED) is 0.798. The lowest BCUT2D eigenvalue weighted by molar-refractivity contribution is 0.201. The molecule has 1 N–H and O–H groups in total. The molecule has 2 aromatic heterocycles. The van der Waals surface area contributed by atoms with Crippen LogP contribution >= 0.6 is 11.3 Å². The van der Waals surface area contributed by atoms with E-state index in [9.17, 15) is 5.11 Å². The first-order valence-electron chi connectivity index (χ1n) is 6.89. The van der Waals surface area contributed by atoms with E-state index in [-0.39, 0.29) is 6.04 Å². The molecule has 110 valence electrons. The Morgan fingerprint density at radius 3 is 2.76 bits per heavy atom. The van der Waals surface area contributed by atoms with Crippen LogP contribution in [0.1, 0.15) is 37.3 Å². The van der Waals surface area contributed by atoms with Crippen molar-refractivity contribution in [1.82, 2.24) is 9.78 Å². The number of aliphatic hydroxyl groups is 1. The van der Waals surface area contributed by atoms with Crippen molar-refractivity contribution >= 4 is 21.4 Å². The van der Waals surface area contributed by atoms with Gasteiger partial charge in [0.05, 0.1) is 13.3 Å². The van der Waals surface area contributed by atoms with E-state index in [1.807, 2.05) is 42.1 Å². The monoisotopic (exact) mass is 302 g/mol. The Kier molecular flexibility index (Phi) is 3.69. The van der Waals surface area contributed by atoms with Crippen molar-refractivity contribution in [2.45, 2.75) is 26.0 Å². The van der Waals surface area contributed by atoms with Crippen LogP contribution in [0.5, 0.6) is 5.75 Å². The van der Waals surface area contributed by atoms with E-state index < -0.39 is 6.10 Å². The van der Waals surface area contributed by atoms with Gasteiger partial charge in [-0.2, -0.15) is 5.10 Å². The zero-order valence-corrected chi connectivity index (χ0v) is 13.1. The van der Waals surface area contributed by atoms with Crippen molar-refractivity contribution in [3.8, 4) is 5.75 Å². The highest BCUT2D eigenvalue weighted by molar-refractivity contribution is 7.17. The average molecular weight is 302 g/mol. The maximum absolute atomic E-state index is 10.9. The smallest absolute Gasteiger partial charge is 0.163 e. The molecule has 21 heavy (non-hydrogen) atoms. The maximum atomic E-state index is 10.9. The molecule has 1 unspecified atom stereocenters. The van der Waals surface area contributed by atoms with Gasteiger partial charge in [0.1, 0.15) is 11.8 Å². The highest BCUT2D eigenvalue weighted by Crippen LogP contribution is 2.37. The van der Waals surface area contributed by atoms with Gasteiger partial charge in [-0.25, -0.2) is 0 Å². The summed E-state index contributed by atoms with van der Waals surface area (Å²) >= 11 is 1.64. The average Bonchev–Trinajstić information content (AvgIpc) is 3.10. The number of methoxy groups -OCH3 is 1. The maximum Gasteiger partial charge on any atom is 0.163 e. The third kappa shape index (κ3) is 2.32. The minimum atomic E-state index is -0.749. The second-order valence-corrected chi connectivity index (χ2v) is 6.14. The van der Waals surface area contributed by atoms with Crippen LogP contribution in [0.3, 0.4) is 0 Å². The predicted molar refractivity (Wildman–Crippen MR) is 85.1 cm³/mol. The summed E-state index contributed by atoms with van der Waals surface area (Å²) in [6.45, 7) is 4.07. The van der Waals surface area contributed by atoms with Crippen LogP contribution < -0.4 is 4.74 Å². The largest absolute Gasteiger partial charge is 0.493 e. The Hall–Kier alpha value is -1.85. The standard InChI is InChI=1S/C16H18N2O2S/c1-10(2)18-15(13(20-3)8-17-18)16(19)12-9-21-14-7-5-4-6-11(12)14/h4-10,16,19H,1-3H3. The molecular weight excluding hydrogens is 284 g/mol. The third-order valence-corrected chi connectivity index (χ3v) is 4.55. The Balaban J connectivity index is 2.14. The summed E-state index contributed by atoms with van der Waals surface area (Å²) in [5.41, 5.74) is 1.60. The lowest BCUT2D eigenvalue weighted by atomic mass is 10.0. The Labute approximate surface area is 127 Å². The number of hydrogen-bond donors (Lipinski definition) is 1. The molecule has 4 nitrogen and oxygen atoms in total. The van der Waals surface area contributed by atoms with Gasteiger partial charge < -0.3 is 9.84 Å². The minimum absolute atomic E-state index is 0.156. The number of nitrogens with zero attached hydrogens (tertiary/aromatic N) is 2. The van der Waals surface area contributed by atoms with Crippen molar-refractivity contribution in [3.63, 3.8) is 0 Å². The zero-order valence-electron chi connectivity index (χ0n) is 12.3. The van der Waals surface area contributed by atoms with Crippen LogP contribution in [0.4, 0.5) is 0 Å². The minimum Gasteiger partial charge on any atom is -0.493 e.